The van der Waals surface area contributed by atoms with Gasteiger partial charge in [0.25, 0.3) is 0 Å². The second-order valence-electron chi connectivity index (χ2n) is 6.33. The molecule has 0 aromatic heterocycles. The van der Waals surface area contributed by atoms with E-state index in [2.05, 4.69) is 16.3 Å². The number of para-hydroxylation sites is 2. The van der Waals surface area contributed by atoms with E-state index in [1.54, 1.807) is 7.11 Å². The molecule has 1 heterocycles. The van der Waals surface area contributed by atoms with Crippen LogP contribution in [0.15, 0.2) is 24.3 Å². The van der Waals surface area contributed by atoms with E-state index in [0.29, 0.717) is 0 Å². The number of carbonyl (C=O) groups excluding carboxylic acids is 1. The molecule has 2 amide bonds. The number of piperazine rings is 1. The SMILES string of the molecule is COc1ccccc1N1CCN(C(=O)NC(C)(C)C)CC1. The Bertz CT molecular complexity index is 489. The fourth-order valence-electron chi connectivity index (χ4n) is 2.44. The average molecular weight is 291 g/mol. The third-order valence-corrected chi connectivity index (χ3v) is 3.47. The number of hydrogen-bond donors (Lipinski definition) is 1. The number of hydrogen-bond acceptors (Lipinski definition) is 3. The summed E-state index contributed by atoms with van der Waals surface area (Å²) in [5.41, 5.74) is 0.896. The minimum atomic E-state index is -0.198. The van der Waals surface area contributed by atoms with Gasteiger partial charge in [0.1, 0.15) is 5.75 Å². The largest absolute Gasteiger partial charge is 0.495 e. The lowest BCUT2D eigenvalue weighted by Crippen LogP contribution is -2.55. The maximum atomic E-state index is 12.2. The molecule has 1 N–H and O–H groups in total. The highest BCUT2D eigenvalue weighted by molar-refractivity contribution is 5.75. The Morgan fingerprint density at radius 3 is 2.33 bits per heavy atom. The van der Waals surface area contributed by atoms with E-state index in [4.69, 9.17) is 4.74 Å². The third-order valence-electron chi connectivity index (χ3n) is 3.47. The molecule has 116 valence electrons. The first-order valence-electron chi connectivity index (χ1n) is 7.36. The molecule has 1 fully saturated rings. The molecule has 0 saturated carbocycles. The zero-order chi connectivity index (χ0) is 15.5. The Kier molecular flexibility index (Phi) is 4.60. The molecule has 0 bridgehead atoms. The monoisotopic (exact) mass is 291 g/mol. The summed E-state index contributed by atoms with van der Waals surface area (Å²) in [5, 5.41) is 3.01. The van der Waals surface area contributed by atoms with Crippen molar-refractivity contribution in [1.82, 2.24) is 10.2 Å². The van der Waals surface area contributed by atoms with Crippen LogP contribution in [0.1, 0.15) is 20.8 Å². The number of nitrogens with zero attached hydrogens (tertiary/aromatic N) is 2. The highest BCUT2D eigenvalue weighted by Crippen LogP contribution is 2.28. The highest BCUT2D eigenvalue weighted by atomic mass is 16.5. The fraction of sp³-hybridized carbons (Fsp3) is 0.562. The molecule has 0 aliphatic carbocycles. The van der Waals surface area contributed by atoms with Crippen molar-refractivity contribution >= 4 is 11.7 Å². The molecule has 0 atom stereocenters. The smallest absolute Gasteiger partial charge is 0.317 e. The summed E-state index contributed by atoms with van der Waals surface area (Å²) < 4.78 is 5.40. The van der Waals surface area contributed by atoms with Crippen molar-refractivity contribution in [1.29, 1.82) is 0 Å². The van der Waals surface area contributed by atoms with Crippen LogP contribution in [0, 0.1) is 0 Å². The number of ether oxygens (including phenoxy) is 1. The summed E-state index contributed by atoms with van der Waals surface area (Å²) in [6, 6.07) is 8.02. The van der Waals surface area contributed by atoms with Crippen LogP contribution in [0.5, 0.6) is 5.75 Å². The Balaban J connectivity index is 1.96. The molecule has 2 rings (SSSR count). The number of carbonyl (C=O) groups is 1. The zero-order valence-electron chi connectivity index (χ0n) is 13.3. The van der Waals surface area contributed by atoms with Crippen LogP contribution in [0.25, 0.3) is 0 Å². The van der Waals surface area contributed by atoms with Crippen molar-refractivity contribution in [2.45, 2.75) is 26.3 Å². The zero-order valence-corrected chi connectivity index (χ0v) is 13.3. The van der Waals surface area contributed by atoms with Gasteiger partial charge in [0.15, 0.2) is 0 Å². The molecule has 1 saturated heterocycles. The number of nitrogens with one attached hydrogen (secondary N) is 1. The van der Waals surface area contributed by atoms with Crippen molar-refractivity contribution in [3.05, 3.63) is 24.3 Å². The Morgan fingerprint density at radius 1 is 1.14 bits per heavy atom. The number of rotatable bonds is 2. The molecule has 1 aliphatic heterocycles. The van der Waals surface area contributed by atoms with E-state index in [0.717, 1.165) is 37.6 Å². The normalized spacial score (nSPS) is 15.8. The van der Waals surface area contributed by atoms with E-state index in [1.807, 2.05) is 43.9 Å². The van der Waals surface area contributed by atoms with Crippen LogP contribution in [-0.4, -0.2) is 49.8 Å². The topological polar surface area (TPSA) is 44.8 Å². The van der Waals surface area contributed by atoms with Crippen LogP contribution < -0.4 is 15.0 Å². The van der Waals surface area contributed by atoms with Crippen LogP contribution in [0.2, 0.25) is 0 Å². The van der Waals surface area contributed by atoms with E-state index >= 15 is 0 Å². The maximum absolute atomic E-state index is 12.2. The van der Waals surface area contributed by atoms with Crippen LogP contribution >= 0.6 is 0 Å². The predicted octanol–water partition coefficient (Wildman–Crippen LogP) is 2.33. The molecule has 1 aromatic rings. The summed E-state index contributed by atoms with van der Waals surface area (Å²) >= 11 is 0. The van der Waals surface area contributed by atoms with Crippen molar-refractivity contribution in [2.24, 2.45) is 0 Å². The summed E-state index contributed by atoms with van der Waals surface area (Å²) in [6.45, 7) is 9.07. The molecule has 1 aromatic carbocycles. The van der Waals surface area contributed by atoms with Crippen molar-refractivity contribution in [2.75, 3.05) is 38.2 Å². The van der Waals surface area contributed by atoms with Gasteiger partial charge in [-0.3, -0.25) is 0 Å². The van der Waals surface area contributed by atoms with E-state index in [1.165, 1.54) is 0 Å². The number of methoxy groups -OCH3 is 1. The molecule has 0 radical (unpaired) electrons. The molecular formula is C16H25N3O2. The lowest BCUT2D eigenvalue weighted by molar-refractivity contribution is 0.185. The first kappa shape index (κ1) is 15.5. The van der Waals surface area contributed by atoms with Gasteiger partial charge in [-0.1, -0.05) is 12.1 Å². The van der Waals surface area contributed by atoms with E-state index in [-0.39, 0.29) is 11.6 Å². The first-order chi connectivity index (χ1) is 9.90. The van der Waals surface area contributed by atoms with Crippen LogP contribution in [0.3, 0.4) is 0 Å². The quantitative estimate of drug-likeness (QED) is 0.909. The second-order valence-corrected chi connectivity index (χ2v) is 6.33. The van der Waals surface area contributed by atoms with Gasteiger partial charge in [-0.25, -0.2) is 4.79 Å². The molecule has 5 nitrogen and oxygen atoms in total. The number of urea groups is 1. The van der Waals surface area contributed by atoms with Gasteiger partial charge >= 0.3 is 6.03 Å². The third kappa shape index (κ3) is 4.03. The molecule has 0 unspecified atom stereocenters. The molecule has 21 heavy (non-hydrogen) atoms. The maximum Gasteiger partial charge on any atom is 0.317 e. The van der Waals surface area contributed by atoms with Crippen molar-refractivity contribution < 1.29 is 9.53 Å². The Hall–Kier alpha value is -1.91. The molecule has 1 aliphatic rings. The standard InChI is InChI=1S/C16H25N3O2/c1-16(2,3)17-15(20)19-11-9-18(10-12-19)13-7-5-6-8-14(13)21-4/h5-8H,9-12H2,1-4H3,(H,17,20). The average Bonchev–Trinajstić information content (AvgIpc) is 2.45. The fourth-order valence-corrected chi connectivity index (χ4v) is 2.44. The summed E-state index contributed by atoms with van der Waals surface area (Å²) in [4.78, 5) is 16.3. The Labute approximate surface area is 126 Å². The van der Waals surface area contributed by atoms with Gasteiger partial charge in [0.2, 0.25) is 0 Å². The molecular weight excluding hydrogens is 266 g/mol. The van der Waals surface area contributed by atoms with Crippen LogP contribution in [0.4, 0.5) is 10.5 Å². The molecule has 0 spiro atoms. The van der Waals surface area contributed by atoms with Gasteiger partial charge in [-0.2, -0.15) is 0 Å². The predicted molar refractivity (Wildman–Crippen MR) is 85.1 cm³/mol. The van der Waals surface area contributed by atoms with Gasteiger partial charge < -0.3 is 19.9 Å². The number of benzene rings is 1. The van der Waals surface area contributed by atoms with Gasteiger partial charge in [0, 0.05) is 31.7 Å². The summed E-state index contributed by atoms with van der Waals surface area (Å²) in [6.07, 6.45) is 0. The van der Waals surface area contributed by atoms with Gasteiger partial charge in [-0.15, -0.1) is 0 Å². The Morgan fingerprint density at radius 2 is 1.76 bits per heavy atom. The molecule has 5 heteroatoms. The first-order valence-corrected chi connectivity index (χ1v) is 7.36. The van der Waals surface area contributed by atoms with Gasteiger partial charge in [-0.05, 0) is 32.9 Å². The van der Waals surface area contributed by atoms with Crippen LogP contribution in [-0.2, 0) is 0 Å². The summed E-state index contributed by atoms with van der Waals surface area (Å²) in [5.74, 6) is 0.880. The van der Waals surface area contributed by atoms with E-state index in [9.17, 15) is 4.79 Å². The second kappa shape index (κ2) is 6.24. The minimum Gasteiger partial charge on any atom is -0.495 e. The van der Waals surface area contributed by atoms with E-state index < -0.39 is 0 Å². The minimum absolute atomic E-state index is 0.0159. The number of anilines is 1. The van der Waals surface area contributed by atoms with Crippen molar-refractivity contribution in [3.8, 4) is 5.75 Å². The lowest BCUT2D eigenvalue weighted by atomic mass is 10.1. The lowest BCUT2D eigenvalue weighted by Gasteiger charge is -2.37. The highest BCUT2D eigenvalue weighted by Gasteiger charge is 2.25. The van der Waals surface area contributed by atoms with Gasteiger partial charge in [0.05, 0.1) is 12.8 Å². The number of amides is 2. The summed E-state index contributed by atoms with van der Waals surface area (Å²) in [7, 11) is 1.69. The van der Waals surface area contributed by atoms with Crippen molar-refractivity contribution in [3.63, 3.8) is 0 Å².